The fraction of sp³-hybridized carbons (Fsp3) is 0.667. The molecule has 0 aromatic carbocycles. The maximum atomic E-state index is 11.5. The van der Waals surface area contributed by atoms with Crippen LogP contribution in [-0.2, 0) is 11.3 Å². The van der Waals surface area contributed by atoms with Crippen molar-refractivity contribution in [2.75, 3.05) is 19.6 Å². The van der Waals surface area contributed by atoms with Crippen LogP contribution < -0.4 is 5.73 Å². The molecule has 1 saturated heterocycles. The van der Waals surface area contributed by atoms with Gasteiger partial charge in [0, 0.05) is 25.7 Å². The quantitative estimate of drug-likeness (QED) is 0.696. The van der Waals surface area contributed by atoms with Gasteiger partial charge in [-0.1, -0.05) is 5.21 Å². The first-order valence-corrected chi connectivity index (χ1v) is 5.11. The van der Waals surface area contributed by atoms with Crippen LogP contribution >= 0.6 is 0 Å². The number of carbonyl (C=O) groups excluding carboxylic acids is 1. The Morgan fingerprint density at radius 2 is 2.40 bits per heavy atom. The number of aromatic nitrogens is 3. The van der Waals surface area contributed by atoms with Crippen molar-refractivity contribution in [3.8, 4) is 0 Å². The molecule has 1 aromatic heterocycles. The predicted molar refractivity (Wildman–Crippen MR) is 53.8 cm³/mol. The van der Waals surface area contributed by atoms with Gasteiger partial charge in [-0.3, -0.25) is 9.48 Å². The van der Waals surface area contributed by atoms with E-state index in [1.807, 2.05) is 4.90 Å². The van der Waals surface area contributed by atoms with Crippen molar-refractivity contribution in [2.45, 2.75) is 13.0 Å². The Kier molecular flexibility index (Phi) is 2.96. The van der Waals surface area contributed by atoms with E-state index in [-0.39, 0.29) is 5.91 Å². The van der Waals surface area contributed by atoms with E-state index in [4.69, 9.17) is 5.73 Å². The van der Waals surface area contributed by atoms with Crippen LogP contribution in [0.1, 0.15) is 6.42 Å². The Morgan fingerprint density at radius 1 is 1.53 bits per heavy atom. The molecule has 1 amide bonds. The molecule has 0 radical (unpaired) electrons. The monoisotopic (exact) mass is 209 g/mol. The second-order valence-corrected chi connectivity index (χ2v) is 3.81. The minimum absolute atomic E-state index is 0.200. The normalized spacial score (nSPS) is 21.3. The van der Waals surface area contributed by atoms with Gasteiger partial charge >= 0.3 is 0 Å². The molecule has 0 saturated carbocycles. The first-order valence-electron chi connectivity index (χ1n) is 5.11. The summed E-state index contributed by atoms with van der Waals surface area (Å²) in [5.41, 5.74) is 5.54. The van der Waals surface area contributed by atoms with E-state index in [0.717, 1.165) is 6.54 Å². The molecule has 2 rings (SSSR count). The fourth-order valence-electron chi connectivity index (χ4n) is 1.80. The van der Waals surface area contributed by atoms with E-state index >= 15 is 0 Å². The molecule has 0 spiro atoms. The van der Waals surface area contributed by atoms with Gasteiger partial charge < -0.3 is 10.6 Å². The summed E-state index contributed by atoms with van der Waals surface area (Å²) in [4.78, 5) is 13.4. The largest absolute Gasteiger partial charge is 0.340 e. The summed E-state index contributed by atoms with van der Waals surface area (Å²) in [5, 5.41) is 7.55. The van der Waals surface area contributed by atoms with Gasteiger partial charge in [0.25, 0.3) is 0 Å². The van der Waals surface area contributed by atoms with Crippen LogP contribution in [-0.4, -0.2) is 45.4 Å². The number of hydrogen-bond acceptors (Lipinski definition) is 4. The van der Waals surface area contributed by atoms with Gasteiger partial charge in [-0.2, -0.15) is 0 Å². The molecule has 82 valence electrons. The summed E-state index contributed by atoms with van der Waals surface area (Å²) >= 11 is 0. The van der Waals surface area contributed by atoms with Crippen LogP contribution in [0.4, 0.5) is 0 Å². The number of hydrogen-bond donors (Lipinski definition) is 1. The SMILES string of the molecule is NCC1CC(=O)N(CCn2ccnn2)C1. The first kappa shape index (κ1) is 10.1. The molecule has 15 heavy (non-hydrogen) atoms. The summed E-state index contributed by atoms with van der Waals surface area (Å²) in [6.07, 6.45) is 4.02. The smallest absolute Gasteiger partial charge is 0.223 e. The average molecular weight is 209 g/mol. The lowest BCUT2D eigenvalue weighted by atomic mass is 10.1. The maximum Gasteiger partial charge on any atom is 0.223 e. The molecule has 1 atom stereocenters. The molecule has 1 aliphatic rings. The van der Waals surface area contributed by atoms with Gasteiger partial charge in [0.15, 0.2) is 0 Å². The molecule has 1 unspecified atom stereocenters. The van der Waals surface area contributed by atoms with Crippen LogP contribution in [0.25, 0.3) is 0 Å². The summed E-state index contributed by atoms with van der Waals surface area (Å²) in [6, 6.07) is 0. The number of amides is 1. The zero-order valence-electron chi connectivity index (χ0n) is 8.54. The Bertz CT molecular complexity index is 323. The molecule has 1 aromatic rings. The molecule has 6 heteroatoms. The van der Waals surface area contributed by atoms with Crippen LogP contribution in [0.15, 0.2) is 12.4 Å². The third-order valence-corrected chi connectivity index (χ3v) is 2.70. The highest BCUT2D eigenvalue weighted by atomic mass is 16.2. The van der Waals surface area contributed by atoms with Crippen molar-refractivity contribution in [3.63, 3.8) is 0 Å². The van der Waals surface area contributed by atoms with E-state index in [2.05, 4.69) is 10.3 Å². The molecular formula is C9H15N5O. The van der Waals surface area contributed by atoms with E-state index in [9.17, 15) is 4.79 Å². The van der Waals surface area contributed by atoms with Crippen LogP contribution in [0.5, 0.6) is 0 Å². The first-order chi connectivity index (χ1) is 7.29. The molecule has 2 heterocycles. The zero-order chi connectivity index (χ0) is 10.7. The third-order valence-electron chi connectivity index (χ3n) is 2.70. The molecular weight excluding hydrogens is 194 g/mol. The van der Waals surface area contributed by atoms with E-state index in [1.54, 1.807) is 17.1 Å². The maximum absolute atomic E-state index is 11.5. The number of rotatable bonds is 4. The predicted octanol–water partition coefficient (Wildman–Crippen LogP) is -0.915. The number of carbonyl (C=O) groups is 1. The Labute approximate surface area is 88.0 Å². The summed E-state index contributed by atoms with van der Waals surface area (Å²) in [7, 11) is 0. The van der Waals surface area contributed by atoms with Gasteiger partial charge in [-0.05, 0) is 12.5 Å². The Morgan fingerprint density at radius 3 is 3.00 bits per heavy atom. The van der Waals surface area contributed by atoms with Crippen molar-refractivity contribution in [3.05, 3.63) is 12.4 Å². The highest BCUT2D eigenvalue weighted by molar-refractivity contribution is 5.78. The topological polar surface area (TPSA) is 77.0 Å². The number of likely N-dealkylation sites (tertiary alicyclic amines) is 1. The van der Waals surface area contributed by atoms with Crippen molar-refractivity contribution < 1.29 is 4.79 Å². The van der Waals surface area contributed by atoms with Crippen molar-refractivity contribution in [2.24, 2.45) is 11.7 Å². The van der Waals surface area contributed by atoms with E-state index < -0.39 is 0 Å². The molecule has 2 N–H and O–H groups in total. The molecule has 0 aliphatic carbocycles. The summed E-state index contributed by atoms with van der Waals surface area (Å²) in [5.74, 6) is 0.527. The molecule has 1 aliphatic heterocycles. The molecule has 6 nitrogen and oxygen atoms in total. The third kappa shape index (κ3) is 2.33. The van der Waals surface area contributed by atoms with Crippen LogP contribution in [0.3, 0.4) is 0 Å². The van der Waals surface area contributed by atoms with Gasteiger partial charge in [0.05, 0.1) is 12.7 Å². The lowest BCUT2D eigenvalue weighted by Gasteiger charge is -2.15. The minimum atomic E-state index is 0.200. The van der Waals surface area contributed by atoms with Crippen LogP contribution in [0.2, 0.25) is 0 Å². The lowest BCUT2D eigenvalue weighted by Crippen LogP contribution is -2.29. The number of nitrogens with two attached hydrogens (primary N) is 1. The Hall–Kier alpha value is -1.43. The molecule has 1 fully saturated rings. The zero-order valence-corrected chi connectivity index (χ0v) is 8.54. The van der Waals surface area contributed by atoms with Crippen LogP contribution in [0, 0.1) is 5.92 Å². The average Bonchev–Trinajstić information content (AvgIpc) is 2.84. The second-order valence-electron chi connectivity index (χ2n) is 3.81. The van der Waals surface area contributed by atoms with E-state index in [0.29, 0.717) is 32.0 Å². The minimum Gasteiger partial charge on any atom is -0.340 e. The molecule has 0 bridgehead atoms. The highest BCUT2D eigenvalue weighted by Gasteiger charge is 2.27. The Balaban J connectivity index is 1.83. The van der Waals surface area contributed by atoms with Crippen molar-refractivity contribution in [1.29, 1.82) is 0 Å². The fourth-order valence-corrected chi connectivity index (χ4v) is 1.80. The highest BCUT2D eigenvalue weighted by Crippen LogP contribution is 2.15. The van der Waals surface area contributed by atoms with Crippen molar-refractivity contribution >= 4 is 5.91 Å². The van der Waals surface area contributed by atoms with Gasteiger partial charge in [0.2, 0.25) is 5.91 Å². The van der Waals surface area contributed by atoms with Gasteiger partial charge in [-0.15, -0.1) is 5.10 Å². The van der Waals surface area contributed by atoms with Crippen molar-refractivity contribution in [1.82, 2.24) is 19.9 Å². The second kappa shape index (κ2) is 4.39. The number of nitrogens with zero attached hydrogens (tertiary/aromatic N) is 4. The van der Waals surface area contributed by atoms with E-state index in [1.165, 1.54) is 0 Å². The lowest BCUT2D eigenvalue weighted by molar-refractivity contribution is -0.127. The van der Waals surface area contributed by atoms with Gasteiger partial charge in [-0.25, -0.2) is 0 Å². The standard InChI is InChI=1S/C9H15N5O/c10-6-8-5-9(15)13(7-8)3-4-14-2-1-11-12-14/h1-2,8H,3-7,10H2. The van der Waals surface area contributed by atoms with Gasteiger partial charge in [0.1, 0.15) is 0 Å². The summed E-state index contributed by atoms with van der Waals surface area (Å²) in [6.45, 7) is 2.76. The summed E-state index contributed by atoms with van der Waals surface area (Å²) < 4.78 is 1.73.